The summed E-state index contributed by atoms with van der Waals surface area (Å²) >= 11 is 0. The highest BCUT2D eigenvalue weighted by atomic mass is 16.6. The second kappa shape index (κ2) is 58.5. The molecule has 0 saturated carbocycles. The molecule has 7 rings (SSSR count). The maximum absolute atomic E-state index is 15.6. The SMILES string of the molecule is CCCCCCCCCCCCCCCCCCOc1ccc(C(NC(=O)CC(C(=O)O)[C@]2(O)C[C@H](n3cc(C)c(=O)[nH]c3=O)O[C@@H]2COC(c2ccccc2)(c2ccc(OC)cc2)c2ccc(OC)cc2)c2ccccc2)c(OCCCCCCCCCCCCCCCCCC)c1OCCCCCCCCCCCCCCCCCC. The number of carboxylic acid groups (broad SMARTS) is 1. The van der Waals surface area contributed by atoms with E-state index in [4.69, 9.17) is 33.2 Å². The number of aryl methyl sites for hydroxylation is 1. The molecule has 2 unspecified atom stereocenters. The number of hydrogen-bond donors (Lipinski definition) is 4. The van der Waals surface area contributed by atoms with Gasteiger partial charge < -0.3 is 48.7 Å². The van der Waals surface area contributed by atoms with Crippen LogP contribution in [0.5, 0.6) is 28.7 Å². The highest BCUT2D eigenvalue weighted by molar-refractivity contribution is 5.84. The summed E-state index contributed by atoms with van der Waals surface area (Å²) in [6, 6.07) is 36.9. The number of carbonyl (C=O) groups is 2. The maximum Gasteiger partial charge on any atom is 0.330 e. The van der Waals surface area contributed by atoms with E-state index < -0.39 is 78.1 Å². The molecule has 5 atom stereocenters. The average Bonchev–Trinajstić information content (AvgIpc) is 1.69. The Bertz CT molecular complexity index is 3680. The predicted octanol–water partition coefficient (Wildman–Crippen LogP) is 25.8. The van der Waals surface area contributed by atoms with Crippen molar-refractivity contribution >= 4 is 11.9 Å². The van der Waals surface area contributed by atoms with Gasteiger partial charge in [-0.15, -0.1) is 0 Å². The van der Waals surface area contributed by atoms with E-state index in [2.05, 4.69) is 31.1 Å². The third kappa shape index (κ3) is 34.3. The Morgan fingerprint density at radius 3 is 1.24 bits per heavy atom. The number of nitrogens with one attached hydrogen (secondary N) is 2. The van der Waals surface area contributed by atoms with Gasteiger partial charge >= 0.3 is 11.7 Å². The van der Waals surface area contributed by atoms with Gasteiger partial charge in [0.25, 0.3) is 5.56 Å². The standard InChI is InChI=1S/C102H155N3O13/c1-7-10-13-16-19-22-25-28-31-34-37-40-43-46-49-58-75-114-91-74-73-89(96(115-76-59-50-47-44-41-38-35-32-29-26-23-20-17-14-11-8-2)97(91)116-77-60-51-48-45-42-39-36-33-30-27-24-21-18-15-12-9-3)95(83-61-54-52-55-62-83)103-93(106)78-90(99(108)109)101(111)79-94(105-80-82(4)98(107)104-100(105)110)118-92(101)81-117-102(84-63-56-53-57-64-84,85-65-69-87(112-5)70-66-85)86-67-71-88(113-6)72-68-86/h52-57,61-74,80,90,92,94-95,111H,7-51,58-60,75-79,81H2,1-6H3,(H,103,106)(H,108,109)(H,104,107,110)/t90?,92-,94-,95?,101-/m1/s1. The van der Waals surface area contributed by atoms with Crippen molar-refractivity contribution in [2.75, 3.05) is 40.6 Å². The number of aromatic nitrogens is 2. The molecule has 0 radical (unpaired) electrons. The topological polar surface area (TPSA) is 206 Å². The lowest BCUT2D eigenvalue weighted by atomic mass is 9.78. The van der Waals surface area contributed by atoms with E-state index in [0.29, 0.717) is 76.4 Å². The quantitative estimate of drug-likeness (QED) is 0.0207. The van der Waals surface area contributed by atoms with Crippen LogP contribution in [0, 0.1) is 12.8 Å². The zero-order chi connectivity index (χ0) is 83.9. The van der Waals surface area contributed by atoms with Gasteiger partial charge in [0, 0.05) is 30.2 Å². The summed E-state index contributed by atoms with van der Waals surface area (Å²) in [4.78, 5) is 59.2. The molecule has 656 valence electrons. The number of aliphatic hydroxyl groups is 1. The molecule has 16 heteroatoms. The summed E-state index contributed by atoms with van der Waals surface area (Å²) in [5, 5.41) is 28.7. The normalized spacial score (nSPS) is 15.3. The lowest BCUT2D eigenvalue weighted by molar-refractivity contribution is -0.168. The molecule has 1 saturated heterocycles. The van der Waals surface area contributed by atoms with Crippen molar-refractivity contribution in [1.29, 1.82) is 0 Å². The van der Waals surface area contributed by atoms with Crippen LogP contribution in [-0.2, 0) is 24.7 Å². The van der Waals surface area contributed by atoms with Crippen molar-refractivity contribution < 1.29 is 53.0 Å². The van der Waals surface area contributed by atoms with Crippen LogP contribution in [0.25, 0.3) is 0 Å². The number of rotatable bonds is 70. The molecule has 1 aliphatic heterocycles. The van der Waals surface area contributed by atoms with E-state index in [-0.39, 0.29) is 5.56 Å². The first-order chi connectivity index (χ1) is 57.8. The summed E-state index contributed by atoms with van der Waals surface area (Å²) in [5.74, 6) is -1.31. The molecular weight excluding hydrogens is 1480 g/mol. The Balaban J connectivity index is 1.16. The molecule has 0 bridgehead atoms. The Morgan fingerprint density at radius 1 is 0.483 bits per heavy atom. The lowest BCUT2D eigenvalue weighted by Gasteiger charge is -2.39. The number of hydrogen-bond acceptors (Lipinski definition) is 12. The average molecular weight is 1630 g/mol. The van der Waals surface area contributed by atoms with Gasteiger partial charge in [-0.1, -0.05) is 395 Å². The van der Waals surface area contributed by atoms with E-state index in [1.54, 1.807) is 21.1 Å². The first-order valence-corrected chi connectivity index (χ1v) is 47.1. The number of aromatic amines is 1. The zero-order valence-corrected chi connectivity index (χ0v) is 73.9. The molecule has 1 amide bonds. The summed E-state index contributed by atoms with van der Waals surface area (Å²) in [6.07, 6.45) is 57.7. The first kappa shape index (κ1) is 97.7. The molecule has 118 heavy (non-hydrogen) atoms. The molecule has 4 N–H and O–H groups in total. The van der Waals surface area contributed by atoms with Crippen molar-refractivity contribution in [2.45, 2.75) is 378 Å². The molecule has 2 heterocycles. The molecule has 16 nitrogen and oxygen atoms in total. The number of ether oxygens (including phenoxy) is 7. The van der Waals surface area contributed by atoms with Crippen LogP contribution in [0.3, 0.4) is 0 Å². The van der Waals surface area contributed by atoms with Crippen molar-refractivity contribution in [3.63, 3.8) is 0 Å². The van der Waals surface area contributed by atoms with Crippen molar-refractivity contribution in [3.05, 3.63) is 182 Å². The fraction of sp³-hybridized carbons (Fsp3) is 0.647. The fourth-order valence-corrected chi connectivity index (χ4v) is 17.1. The molecule has 0 aliphatic carbocycles. The van der Waals surface area contributed by atoms with Gasteiger partial charge in [-0.25, -0.2) is 4.79 Å². The fourth-order valence-electron chi connectivity index (χ4n) is 17.1. The van der Waals surface area contributed by atoms with Gasteiger partial charge in [-0.05, 0) is 84.8 Å². The van der Waals surface area contributed by atoms with Crippen molar-refractivity contribution in [2.24, 2.45) is 5.92 Å². The Kier molecular flexibility index (Phi) is 48.5. The number of methoxy groups -OCH3 is 2. The second-order valence-electron chi connectivity index (χ2n) is 33.8. The summed E-state index contributed by atoms with van der Waals surface area (Å²) in [5.41, 5.74) is -1.80. The third-order valence-corrected chi connectivity index (χ3v) is 24.4. The van der Waals surface area contributed by atoms with Gasteiger partial charge in [0.1, 0.15) is 35.0 Å². The minimum Gasteiger partial charge on any atom is -0.497 e. The minimum atomic E-state index is -2.41. The molecular formula is C102H155N3O13. The lowest BCUT2D eigenvalue weighted by Crippen LogP contribution is -2.53. The summed E-state index contributed by atoms with van der Waals surface area (Å²) in [7, 11) is 3.17. The highest BCUT2D eigenvalue weighted by Gasteiger charge is 2.57. The van der Waals surface area contributed by atoms with Gasteiger partial charge in [-0.2, -0.15) is 0 Å². The highest BCUT2D eigenvalue weighted by Crippen LogP contribution is 2.49. The number of carbonyl (C=O) groups excluding carboxylic acids is 1. The van der Waals surface area contributed by atoms with Gasteiger partial charge in [-0.3, -0.25) is 23.9 Å². The number of carboxylic acids is 1. The molecule has 1 aromatic heterocycles. The van der Waals surface area contributed by atoms with Crippen LogP contribution in [0.4, 0.5) is 0 Å². The second-order valence-corrected chi connectivity index (χ2v) is 33.8. The van der Waals surface area contributed by atoms with E-state index in [1.807, 2.05) is 121 Å². The van der Waals surface area contributed by atoms with Crippen molar-refractivity contribution in [3.8, 4) is 28.7 Å². The largest absolute Gasteiger partial charge is 0.497 e. The Labute approximate surface area is 711 Å². The molecule has 5 aromatic carbocycles. The van der Waals surface area contributed by atoms with E-state index in [1.165, 1.54) is 257 Å². The van der Waals surface area contributed by atoms with Crippen LogP contribution >= 0.6 is 0 Å². The monoisotopic (exact) mass is 1630 g/mol. The molecule has 1 aliphatic rings. The Morgan fingerprint density at radius 2 is 0.847 bits per heavy atom. The number of benzene rings is 5. The molecule has 0 spiro atoms. The predicted molar refractivity (Wildman–Crippen MR) is 482 cm³/mol. The van der Waals surface area contributed by atoms with Crippen LogP contribution in [0.15, 0.2) is 137 Å². The van der Waals surface area contributed by atoms with Gasteiger partial charge in [0.15, 0.2) is 11.5 Å². The maximum atomic E-state index is 15.6. The Hall–Kier alpha value is -7.40. The molecule has 1 fully saturated rings. The number of amides is 1. The number of H-pyrrole nitrogens is 1. The van der Waals surface area contributed by atoms with Crippen molar-refractivity contribution in [1.82, 2.24) is 14.9 Å². The number of unbranched alkanes of at least 4 members (excludes halogenated alkanes) is 45. The van der Waals surface area contributed by atoms with E-state index >= 15 is 4.79 Å². The zero-order valence-electron chi connectivity index (χ0n) is 73.9. The van der Waals surface area contributed by atoms with Crippen LogP contribution in [0.1, 0.15) is 387 Å². The number of aliphatic carboxylic acids is 1. The third-order valence-electron chi connectivity index (χ3n) is 24.4. The van der Waals surface area contributed by atoms with Gasteiger partial charge in [0.2, 0.25) is 11.7 Å². The smallest absolute Gasteiger partial charge is 0.330 e. The van der Waals surface area contributed by atoms with E-state index in [0.717, 1.165) is 62.4 Å². The van der Waals surface area contributed by atoms with Crippen LogP contribution in [-0.4, -0.2) is 84.0 Å². The van der Waals surface area contributed by atoms with E-state index in [9.17, 15) is 24.6 Å². The number of nitrogens with zero attached hydrogens (tertiary/aromatic N) is 1. The van der Waals surface area contributed by atoms with Gasteiger partial charge in [0.05, 0.1) is 52.6 Å². The first-order valence-electron chi connectivity index (χ1n) is 47.1. The molecule has 6 aromatic rings. The van der Waals surface area contributed by atoms with Crippen LogP contribution < -0.4 is 40.3 Å². The van der Waals surface area contributed by atoms with Crippen LogP contribution in [0.2, 0.25) is 0 Å². The minimum absolute atomic E-state index is 0.187. The summed E-state index contributed by atoms with van der Waals surface area (Å²) in [6.45, 7) is 9.22. The summed E-state index contributed by atoms with van der Waals surface area (Å²) < 4.78 is 47.5.